The number of fused-ring (bicyclic) bond motifs is 1. The first kappa shape index (κ1) is 22.0. The number of aliphatic imine (C=N–C) groups is 1. The molecule has 2 aliphatic heterocycles. The number of nitrogens with one attached hydrogen (secondary N) is 1. The summed E-state index contributed by atoms with van der Waals surface area (Å²) in [4.78, 5) is 20.2. The van der Waals surface area contributed by atoms with Crippen LogP contribution in [0.4, 0.5) is 11.4 Å². The average molecular weight is 454 g/mol. The van der Waals surface area contributed by atoms with Gasteiger partial charge >= 0.3 is 0 Å². The number of hydrogen-bond donors (Lipinski definition) is 1. The van der Waals surface area contributed by atoms with Gasteiger partial charge < -0.3 is 10.2 Å². The van der Waals surface area contributed by atoms with E-state index in [1.165, 1.54) is 22.9 Å². The Morgan fingerprint density at radius 3 is 2.77 bits per heavy atom. The van der Waals surface area contributed by atoms with Gasteiger partial charge in [-0.15, -0.1) is 0 Å². The Hall–Kier alpha value is -2.24. The van der Waals surface area contributed by atoms with E-state index in [1.54, 1.807) is 0 Å². The molecule has 1 saturated heterocycles. The number of benzene rings is 2. The minimum Gasteiger partial charge on any atom is -0.369 e. The van der Waals surface area contributed by atoms with Crippen LogP contribution in [0.5, 0.6) is 0 Å². The second-order valence-corrected chi connectivity index (χ2v) is 10.5. The van der Waals surface area contributed by atoms with Gasteiger partial charge in [0.25, 0.3) is 5.91 Å². The predicted octanol–water partition coefficient (Wildman–Crippen LogP) is 6.57. The number of amidine groups is 1. The van der Waals surface area contributed by atoms with E-state index in [-0.39, 0.29) is 11.4 Å². The van der Waals surface area contributed by atoms with Crippen molar-refractivity contribution in [2.45, 2.75) is 52.5 Å². The van der Waals surface area contributed by atoms with E-state index in [1.807, 2.05) is 31.2 Å². The van der Waals surface area contributed by atoms with Crippen LogP contribution in [0.1, 0.15) is 55.4 Å². The van der Waals surface area contributed by atoms with Crippen LogP contribution in [0.2, 0.25) is 5.02 Å². The number of nitrogens with zero attached hydrogens (tertiary/aromatic N) is 2. The maximum Gasteiger partial charge on any atom is 0.264 e. The van der Waals surface area contributed by atoms with Crippen LogP contribution in [-0.4, -0.2) is 23.7 Å². The van der Waals surface area contributed by atoms with Crippen LogP contribution < -0.4 is 10.2 Å². The van der Waals surface area contributed by atoms with E-state index in [2.05, 4.69) is 62.1 Å². The molecule has 1 atom stereocenters. The summed E-state index contributed by atoms with van der Waals surface area (Å²) >= 11 is 8.01. The number of aryl methyl sites for hydroxylation is 1. The molecule has 4 nitrogen and oxygen atoms in total. The summed E-state index contributed by atoms with van der Waals surface area (Å²) in [6.45, 7) is 10.9. The topological polar surface area (TPSA) is 44.7 Å². The second kappa shape index (κ2) is 8.03. The van der Waals surface area contributed by atoms with E-state index in [4.69, 9.17) is 11.6 Å². The summed E-state index contributed by atoms with van der Waals surface area (Å²) in [6.07, 6.45) is 2.94. The SMILES string of the molecule is Cc1cccc(N=C2NC(=O)/C(=C/c3cc4c(cc3Cl)N(C)C(C)(C)C[C@@H]4C)S2)c1C. The van der Waals surface area contributed by atoms with Crippen LogP contribution in [0.3, 0.4) is 0 Å². The summed E-state index contributed by atoms with van der Waals surface area (Å²) < 4.78 is 0. The van der Waals surface area contributed by atoms with E-state index in [0.717, 1.165) is 28.9 Å². The van der Waals surface area contributed by atoms with Crippen molar-refractivity contribution in [2.75, 3.05) is 11.9 Å². The Morgan fingerprint density at radius 2 is 2.03 bits per heavy atom. The molecule has 1 fully saturated rings. The second-order valence-electron chi connectivity index (χ2n) is 9.11. The number of halogens is 1. The molecule has 0 aromatic heterocycles. The molecule has 0 saturated carbocycles. The number of carbonyl (C=O) groups excluding carboxylic acids is 1. The minimum atomic E-state index is -0.144. The number of rotatable bonds is 2. The first-order chi connectivity index (χ1) is 14.6. The van der Waals surface area contributed by atoms with E-state index in [9.17, 15) is 4.79 Å². The molecular formula is C25H28ClN3OS. The molecule has 31 heavy (non-hydrogen) atoms. The van der Waals surface area contributed by atoms with Crippen LogP contribution >= 0.6 is 23.4 Å². The number of hydrogen-bond acceptors (Lipinski definition) is 4. The summed E-state index contributed by atoms with van der Waals surface area (Å²) in [5.74, 6) is 0.274. The smallest absolute Gasteiger partial charge is 0.264 e. The Bertz CT molecular complexity index is 1140. The van der Waals surface area contributed by atoms with Gasteiger partial charge in [0.1, 0.15) is 0 Å². The van der Waals surface area contributed by atoms with Crippen molar-refractivity contribution in [1.82, 2.24) is 5.32 Å². The highest BCUT2D eigenvalue weighted by Crippen LogP contribution is 2.45. The lowest BCUT2D eigenvalue weighted by Crippen LogP contribution is -2.45. The summed E-state index contributed by atoms with van der Waals surface area (Å²) in [5, 5.41) is 4.12. The summed E-state index contributed by atoms with van der Waals surface area (Å²) in [7, 11) is 2.12. The lowest BCUT2D eigenvalue weighted by Gasteiger charge is -2.45. The predicted molar refractivity (Wildman–Crippen MR) is 134 cm³/mol. The van der Waals surface area contributed by atoms with E-state index in [0.29, 0.717) is 21.0 Å². The fourth-order valence-corrected chi connectivity index (χ4v) is 5.34. The number of carbonyl (C=O) groups is 1. The highest BCUT2D eigenvalue weighted by Gasteiger charge is 2.34. The Morgan fingerprint density at radius 1 is 1.29 bits per heavy atom. The molecule has 1 amide bonds. The number of thioether (sulfide) groups is 1. The first-order valence-corrected chi connectivity index (χ1v) is 11.7. The van der Waals surface area contributed by atoms with Gasteiger partial charge in [-0.2, -0.15) is 0 Å². The Labute approximate surface area is 193 Å². The summed E-state index contributed by atoms with van der Waals surface area (Å²) in [6, 6.07) is 10.2. The Kier molecular flexibility index (Phi) is 5.69. The monoisotopic (exact) mass is 453 g/mol. The average Bonchev–Trinajstić information content (AvgIpc) is 3.03. The molecule has 0 aliphatic carbocycles. The fourth-order valence-electron chi connectivity index (χ4n) is 4.30. The van der Waals surface area contributed by atoms with Crippen LogP contribution in [-0.2, 0) is 4.79 Å². The minimum absolute atomic E-state index is 0.0796. The number of anilines is 1. The highest BCUT2D eigenvalue weighted by atomic mass is 35.5. The fraction of sp³-hybridized carbons (Fsp3) is 0.360. The maximum absolute atomic E-state index is 12.6. The van der Waals surface area contributed by atoms with Gasteiger partial charge in [0.05, 0.1) is 10.6 Å². The van der Waals surface area contributed by atoms with Gasteiger partial charge in [-0.25, -0.2) is 4.99 Å². The highest BCUT2D eigenvalue weighted by molar-refractivity contribution is 8.18. The van der Waals surface area contributed by atoms with Crippen LogP contribution in [0.15, 0.2) is 40.2 Å². The molecule has 1 N–H and O–H groups in total. The van der Waals surface area contributed by atoms with Crippen molar-refractivity contribution >= 4 is 51.9 Å². The van der Waals surface area contributed by atoms with Crippen molar-refractivity contribution in [1.29, 1.82) is 0 Å². The molecule has 2 heterocycles. The zero-order valence-corrected chi connectivity index (χ0v) is 20.4. The lowest BCUT2D eigenvalue weighted by atomic mass is 9.80. The van der Waals surface area contributed by atoms with Gasteiger partial charge in [-0.05, 0) is 98.3 Å². The maximum atomic E-state index is 12.6. The first-order valence-electron chi connectivity index (χ1n) is 10.5. The van der Waals surface area contributed by atoms with Gasteiger partial charge in [0, 0.05) is 23.3 Å². The van der Waals surface area contributed by atoms with Crippen molar-refractivity contribution in [3.8, 4) is 0 Å². The molecule has 0 bridgehead atoms. The molecule has 162 valence electrons. The molecule has 0 unspecified atom stereocenters. The zero-order valence-electron chi connectivity index (χ0n) is 18.8. The normalized spacial score (nSPS) is 22.7. The standard InChI is InChI=1S/C25H28ClN3OS/c1-14-8-7-9-20(16(14)3)27-24-28-23(30)22(31-24)11-17-10-18-15(2)13-25(4,5)29(6)21(18)12-19(17)26/h7-12,15H,13H2,1-6H3,(H,27,28,30)/b22-11-/t15-/m0/s1. The van der Waals surface area contributed by atoms with Gasteiger partial charge in [0.2, 0.25) is 0 Å². The van der Waals surface area contributed by atoms with Gasteiger partial charge in [-0.1, -0.05) is 30.7 Å². The molecule has 4 rings (SSSR count). The third kappa shape index (κ3) is 4.13. The van der Waals surface area contributed by atoms with Gasteiger partial charge in [0.15, 0.2) is 5.17 Å². The van der Waals surface area contributed by atoms with Gasteiger partial charge in [-0.3, -0.25) is 4.79 Å². The van der Waals surface area contributed by atoms with E-state index >= 15 is 0 Å². The third-order valence-electron chi connectivity index (χ3n) is 6.49. The molecule has 0 spiro atoms. The van der Waals surface area contributed by atoms with Crippen molar-refractivity contribution in [2.24, 2.45) is 4.99 Å². The molecule has 2 aliphatic rings. The number of amides is 1. The van der Waals surface area contributed by atoms with Crippen LogP contribution in [0.25, 0.3) is 6.08 Å². The molecule has 0 radical (unpaired) electrons. The van der Waals surface area contributed by atoms with Crippen molar-refractivity contribution in [3.63, 3.8) is 0 Å². The molecule has 2 aromatic carbocycles. The van der Waals surface area contributed by atoms with E-state index < -0.39 is 0 Å². The molecule has 2 aromatic rings. The lowest BCUT2D eigenvalue weighted by molar-refractivity contribution is -0.115. The molecule has 6 heteroatoms. The van der Waals surface area contributed by atoms with Crippen LogP contribution in [0, 0.1) is 13.8 Å². The quantitative estimate of drug-likeness (QED) is 0.523. The van der Waals surface area contributed by atoms with Crippen molar-refractivity contribution in [3.05, 3.63) is 62.5 Å². The van der Waals surface area contributed by atoms with Crippen molar-refractivity contribution < 1.29 is 4.79 Å². The third-order valence-corrected chi connectivity index (χ3v) is 7.72. The Balaban J connectivity index is 1.67. The largest absolute Gasteiger partial charge is 0.369 e. The molecular weight excluding hydrogens is 426 g/mol. The summed E-state index contributed by atoms with van der Waals surface area (Å²) in [5.41, 5.74) is 6.54. The zero-order chi connectivity index (χ0) is 22.5.